The van der Waals surface area contributed by atoms with E-state index in [1.807, 2.05) is 19.1 Å². The largest absolute Gasteiger partial charge is 0.462 e. The Kier molecular flexibility index (Phi) is 8.09. The third-order valence-electron chi connectivity index (χ3n) is 9.12. The molecule has 8 nitrogen and oxygen atoms in total. The molecule has 2 saturated heterocycles. The van der Waals surface area contributed by atoms with E-state index in [2.05, 4.69) is 59.6 Å². The smallest absolute Gasteiger partial charge is 0.318 e. The van der Waals surface area contributed by atoms with Crippen LogP contribution in [0, 0.1) is 0 Å². The molecule has 4 heterocycles. The monoisotopic (exact) mass is 592 g/mol. The number of ether oxygens (including phenoxy) is 1. The van der Waals surface area contributed by atoms with Gasteiger partial charge in [0.2, 0.25) is 0 Å². The van der Waals surface area contributed by atoms with Crippen molar-refractivity contribution in [1.29, 1.82) is 0 Å². The number of hydrogen-bond donors (Lipinski definition) is 0. The minimum Gasteiger partial charge on any atom is -0.462 e. The van der Waals surface area contributed by atoms with Crippen LogP contribution in [-0.2, 0) is 17.8 Å². The van der Waals surface area contributed by atoms with Crippen LogP contribution in [0.5, 0.6) is 6.01 Å². The number of aromatic nitrogens is 2. The first-order valence-corrected chi connectivity index (χ1v) is 15.1. The van der Waals surface area contributed by atoms with Gasteiger partial charge in [-0.3, -0.25) is 9.69 Å². The van der Waals surface area contributed by atoms with Crippen LogP contribution in [0.4, 0.5) is 10.2 Å². The van der Waals surface area contributed by atoms with Crippen LogP contribution in [0.25, 0.3) is 10.8 Å². The van der Waals surface area contributed by atoms with Crippen LogP contribution < -0.4 is 9.64 Å². The van der Waals surface area contributed by atoms with Gasteiger partial charge in [-0.1, -0.05) is 48.5 Å². The fraction of sp³-hybridized carbons (Fsp3) is 0.469. The van der Waals surface area contributed by atoms with Gasteiger partial charge < -0.3 is 19.4 Å². The summed E-state index contributed by atoms with van der Waals surface area (Å²) in [7, 11) is 4.25. The van der Waals surface area contributed by atoms with E-state index in [9.17, 15) is 9.18 Å². The number of amides is 1. The molecule has 2 aromatic carbocycles. The molecule has 222 valence electrons. The van der Waals surface area contributed by atoms with Crippen LogP contribution in [0.1, 0.15) is 42.6 Å². The molecule has 0 saturated carbocycles. The van der Waals surface area contributed by atoms with E-state index in [1.165, 1.54) is 10.5 Å². The van der Waals surface area contributed by atoms with E-state index >= 15 is 0 Å². The molecule has 10 heteroatoms. The topological polar surface area (TPSA) is 65.0 Å². The molecule has 42 heavy (non-hydrogen) atoms. The number of rotatable bonds is 6. The SMILES string of the molecule is C=C(F)C(=O)N1CCN(c2nc(OC[C@@H]3CCCN3C)nc3c2CN(C)C(c2cccc4cccc(Cl)c24)C3)[C@@H](C)C1. The molecule has 1 amide bonds. The molecule has 2 fully saturated rings. The van der Waals surface area contributed by atoms with Crippen molar-refractivity contribution in [2.45, 2.75) is 50.9 Å². The van der Waals surface area contributed by atoms with Crippen LogP contribution in [-0.4, -0.2) is 89.5 Å². The van der Waals surface area contributed by atoms with Gasteiger partial charge in [-0.25, -0.2) is 4.39 Å². The number of benzene rings is 2. The summed E-state index contributed by atoms with van der Waals surface area (Å²) in [6.07, 6.45) is 2.93. The number of likely N-dealkylation sites (N-methyl/N-ethyl adjacent to an activating group) is 2. The third-order valence-corrected chi connectivity index (χ3v) is 9.43. The molecule has 1 aromatic heterocycles. The van der Waals surface area contributed by atoms with Gasteiger partial charge in [-0.2, -0.15) is 9.97 Å². The number of piperazine rings is 1. The summed E-state index contributed by atoms with van der Waals surface area (Å²) in [5.74, 6) is -0.745. The van der Waals surface area contributed by atoms with Crippen molar-refractivity contribution in [3.05, 3.63) is 70.6 Å². The zero-order valence-corrected chi connectivity index (χ0v) is 25.3. The average molecular weight is 593 g/mol. The first kappa shape index (κ1) is 28.8. The van der Waals surface area contributed by atoms with Crippen LogP contribution in [0.3, 0.4) is 0 Å². The van der Waals surface area contributed by atoms with E-state index < -0.39 is 11.7 Å². The van der Waals surface area contributed by atoms with Crippen molar-refractivity contribution >= 4 is 34.1 Å². The minimum absolute atomic E-state index is 0.0696. The summed E-state index contributed by atoms with van der Waals surface area (Å²) in [5, 5.41) is 2.93. The van der Waals surface area contributed by atoms with Gasteiger partial charge >= 0.3 is 6.01 Å². The highest BCUT2D eigenvalue weighted by Gasteiger charge is 2.35. The van der Waals surface area contributed by atoms with Gasteiger partial charge in [0.05, 0.1) is 5.69 Å². The fourth-order valence-corrected chi connectivity index (χ4v) is 7.05. The number of carbonyl (C=O) groups is 1. The maximum atomic E-state index is 13.6. The lowest BCUT2D eigenvalue weighted by molar-refractivity contribution is -0.129. The van der Waals surface area contributed by atoms with Crippen molar-refractivity contribution in [2.24, 2.45) is 0 Å². The number of halogens is 2. The van der Waals surface area contributed by atoms with Crippen LogP contribution in [0.2, 0.25) is 5.02 Å². The number of likely N-dealkylation sites (tertiary alicyclic amines) is 1. The lowest BCUT2D eigenvalue weighted by atomic mass is 9.90. The van der Waals surface area contributed by atoms with Gasteiger partial charge in [-0.15, -0.1) is 0 Å². The van der Waals surface area contributed by atoms with E-state index in [-0.39, 0.29) is 12.1 Å². The predicted molar refractivity (Wildman–Crippen MR) is 164 cm³/mol. The highest BCUT2D eigenvalue weighted by molar-refractivity contribution is 6.35. The lowest BCUT2D eigenvalue weighted by Crippen LogP contribution is -2.54. The van der Waals surface area contributed by atoms with Crippen LogP contribution >= 0.6 is 11.6 Å². The molecule has 3 aromatic rings. The number of anilines is 1. The minimum atomic E-state index is -0.927. The molecule has 3 aliphatic rings. The molecule has 0 N–H and O–H groups in total. The summed E-state index contributed by atoms with van der Waals surface area (Å²) < 4.78 is 19.9. The Morgan fingerprint density at radius 1 is 1.12 bits per heavy atom. The molecule has 1 unspecified atom stereocenters. The summed E-state index contributed by atoms with van der Waals surface area (Å²) in [4.78, 5) is 30.7. The van der Waals surface area contributed by atoms with E-state index in [1.54, 1.807) is 0 Å². The molecule has 6 rings (SSSR count). The first-order valence-electron chi connectivity index (χ1n) is 14.7. The van der Waals surface area contributed by atoms with Crippen molar-refractivity contribution in [3.63, 3.8) is 0 Å². The second-order valence-electron chi connectivity index (χ2n) is 11.9. The second-order valence-corrected chi connectivity index (χ2v) is 12.3. The molecule has 0 aliphatic carbocycles. The molecule has 0 radical (unpaired) electrons. The lowest BCUT2D eigenvalue weighted by Gasteiger charge is -2.42. The van der Waals surface area contributed by atoms with Gasteiger partial charge in [0, 0.05) is 66.7 Å². The number of hydrogen-bond acceptors (Lipinski definition) is 7. The molecular formula is C32H38ClFN6O2. The average Bonchev–Trinajstić information content (AvgIpc) is 3.39. The molecule has 0 bridgehead atoms. The molecular weight excluding hydrogens is 555 g/mol. The Bertz CT molecular complexity index is 1510. The highest BCUT2D eigenvalue weighted by atomic mass is 35.5. The number of fused-ring (bicyclic) bond motifs is 2. The van der Waals surface area contributed by atoms with Gasteiger partial charge in [0.15, 0.2) is 5.83 Å². The van der Waals surface area contributed by atoms with E-state index in [0.717, 1.165) is 52.3 Å². The number of nitrogens with zero attached hydrogens (tertiary/aromatic N) is 6. The maximum Gasteiger partial charge on any atom is 0.318 e. The molecule has 3 aliphatic heterocycles. The Labute approximate surface area is 251 Å². The van der Waals surface area contributed by atoms with Gasteiger partial charge in [0.1, 0.15) is 12.4 Å². The van der Waals surface area contributed by atoms with E-state index in [4.69, 9.17) is 26.3 Å². The standard InChI is InChI=1S/C32H38ClFN6O2/c1-20-17-39(31(41)21(2)34)14-15-40(20)30-25-18-38(4)28(24-11-5-8-22-9-6-12-26(33)29(22)24)16-27(25)35-32(36-30)42-19-23-10-7-13-37(23)3/h5-6,8-9,11-12,20,23,28H,2,7,10,13-19H2,1,3-4H3/t20-,23-,28?/m0/s1. The number of carbonyl (C=O) groups excluding carboxylic acids is 1. The predicted octanol–water partition coefficient (Wildman–Crippen LogP) is 5.01. The zero-order chi connectivity index (χ0) is 29.5. The van der Waals surface area contributed by atoms with Crippen LogP contribution in [0.15, 0.2) is 48.8 Å². The summed E-state index contributed by atoms with van der Waals surface area (Å²) in [6.45, 7) is 8.79. The Hall–Kier alpha value is -3.27. The van der Waals surface area contributed by atoms with Crippen molar-refractivity contribution in [1.82, 2.24) is 24.7 Å². The Balaban J connectivity index is 1.36. The van der Waals surface area contributed by atoms with E-state index in [0.29, 0.717) is 51.3 Å². The first-order chi connectivity index (χ1) is 20.2. The van der Waals surface area contributed by atoms with Crippen molar-refractivity contribution in [3.8, 4) is 6.01 Å². The Morgan fingerprint density at radius 3 is 2.62 bits per heavy atom. The van der Waals surface area contributed by atoms with Crippen molar-refractivity contribution < 1.29 is 13.9 Å². The third kappa shape index (κ3) is 5.45. The second kappa shape index (κ2) is 11.8. The highest BCUT2D eigenvalue weighted by Crippen LogP contribution is 2.40. The summed E-state index contributed by atoms with van der Waals surface area (Å²) >= 11 is 6.73. The Morgan fingerprint density at radius 2 is 1.90 bits per heavy atom. The summed E-state index contributed by atoms with van der Waals surface area (Å²) in [5.41, 5.74) is 3.20. The maximum absolute atomic E-state index is 13.6. The van der Waals surface area contributed by atoms with Gasteiger partial charge in [-0.05, 0) is 57.4 Å². The summed E-state index contributed by atoms with van der Waals surface area (Å²) in [6, 6.07) is 13.1. The molecule has 0 spiro atoms. The zero-order valence-electron chi connectivity index (χ0n) is 24.5. The van der Waals surface area contributed by atoms with Crippen molar-refractivity contribution in [2.75, 3.05) is 51.8 Å². The molecule has 3 atom stereocenters. The fourth-order valence-electron chi connectivity index (χ4n) is 6.76. The van der Waals surface area contributed by atoms with Gasteiger partial charge in [0.25, 0.3) is 5.91 Å². The quantitative estimate of drug-likeness (QED) is 0.373. The normalized spacial score (nSPS) is 23.3.